The molecule has 0 spiro atoms. The first-order valence-corrected chi connectivity index (χ1v) is 14.0. The highest BCUT2D eigenvalue weighted by Crippen LogP contribution is 2.37. The Hall–Kier alpha value is -2.95. The molecule has 208 valence electrons. The molecule has 40 heavy (non-hydrogen) atoms. The van der Waals surface area contributed by atoms with Crippen molar-refractivity contribution in [3.8, 4) is 0 Å². The summed E-state index contributed by atoms with van der Waals surface area (Å²) in [6, 6.07) is 20.6. The van der Waals surface area contributed by atoms with Gasteiger partial charge in [0, 0.05) is 26.5 Å². The molecule has 0 bridgehead atoms. The number of esters is 1. The predicted octanol–water partition coefficient (Wildman–Crippen LogP) is 6.39. The number of imide groups is 1. The number of benzene rings is 3. The summed E-state index contributed by atoms with van der Waals surface area (Å²) in [6.45, 7) is 1.38. The van der Waals surface area contributed by atoms with E-state index in [0.717, 1.165) is 20.5 Å². The highest BCUT2D eigenvalue weighted by Gasteiger charge is 2.55. The SMILES string of the molecule is C[C@@]1(Cc2ccc(Br)cc2)C(=O)N(c2cc(Cl)cc(Cl)c2)C(=O)N1COC(=O)C1COC(c2ccccc2)OC1. The van der Waals surface area contributed by atoms with E-state index in [1.54, 1.807) is 6.92 Å². The van der Waals surface area contributed by atoms with Gasteiger partial charge < -0.3 is 14.2 Å². The molecule has 3 aromatic carbocycles. The zero-order valence-corrected chi connectivity index (χ0v) is 24.5. The first-order valence-electron chi connectivity index (χ1n) is 12.5. The van der Waals surface area contributed by atoms with Gasteiger partial charge in [0.1, 0.15) is 11.5 Å². The summed E-state index contributed by atoms with van der Waals surface area (Å²) in [7, 11) is 0. The lowest BCUT2D eigenvalue weighted by Gasteiger charge is -2.32. The van der Waals surface area contributed by atoms with Crippen LogP contribution in [0.1, 0.15) is 24.3 Å². The lowest BCUT2D eigenvalue weighted by molar-refractivity contribution is -0.214. The number of nitrogens with zero attached hydrogens (tertiary/aromatic N) is 2. The largest absolute Gasteiger partial charge is 0.444 e. The van der Waals surface area contributed by atoms with E-state index in [4.69, 9.17) is 37.4 Å². The number of carbonyl (C=O) groups excluding carboxylic acids is 3. The molecule has 11 heteroatoms. The Kier molecular flexibility index (Phi) is 8.49. The minimum Gasteiger partial charge on any atom is -0.444 e. The molecule has 2 heterocycles. The Morgan fingerprint density at radius 1 is 1.00 bits per heavy atom. The molecular formula is C29H25BrCl2N2O6. The van der Waals surface area contributed by atoms with Gasteiger partial charge in [-0.3, -0.25) is 14.5 Å². The van der Waals surface area contributed by atoms with E-state index < -0.39 is 42.4 Å². The van der Waals surface area contributed by atoms with Crippen LogP contribution in [0.3, 0.4) is 0 Å². The van der Waals surface area contributed by atoms with Crippen LogP contribution in [0.15, 0.2) is 77.3 Å². The highest BCUT2D eigenvalue weighted by molar-refractivity contribution is 9.10. The fourth-order valence-corrected chi connectivity index (χ4v) is 5.51. The van der Waals surface area contributed by atoms with E-state index in [1.807, 2.05) is 54.6 Å². The minimum atomic E-state index is -1.36. The van der Waals surface area contributed by atoms with Crippen LogP contribution in [0, 0.1) is 5.92 Å². The van der Waals surface area contributed by atoms with Crippen molar-refractivity contribution in [1.29, 1.82) is 0 Å². The molecule has 3 aromatic rings. The van der Waals surface area contributed by atoms with Crippen LogP contribution in [0.4, 0.5) is 10.5 Å². The topological polar surface area (TPSA) is 85.4 Å². The molecule has 0 N–H and O–H groups in total. The first kappa shape index (κ1) is 28.6. The van der Waals surface area contributed by atoms with Crippen molar-refractivity contribution < 1.29 is 28.6 Å². The third kappa shape index (κ3) is 5.89. The number of halogens is 3. The summed E-state index contributed by atoms with van der Waals surface area (Å²) in [5, 5.41) is 0.544. The number of ether oxygens (including phenoxy) is 3. The summed E-state index contributed by atoms with van der Waals surface area (Å²) in [5.74, 6) is -1.78. The second-order valence-corrected chi connectivity index (χ2v) is 11.5. The molecular weight excluding hydrogens is 623 g/mol. The Bertz CT molecular complexity index is 1400. The Labute approximate surface area is 249 Å². The van der Waals surface area contributed by atoms with Gasteiger partial charge in [0.05, 0.1) is 18.9 Å². The second-order valence-electron chi connectivity index (χ2n) is 9.75. The fourth-order valence-electron chi connectivity index (χ4n) is 4.73. The van der Waals surface area contributed by atoms with Crippen molar-refractivity contribution >= 4 is 62.7 Å². The lowest BCUT2D eigenvalue weighted by atomic mass is 9.91. The third-order valence-corrected chi connectivity index (χ3v) is 7.85. The van der Waals surface area contributed by atoms with Gasteiger partial charge in [0.25, 0.3) is 5.91 Å². The molecule has 0 saturated carbocycles. The smallest absolute Gasteiger partial charge is 0.335 e. The number of carbonyl (C=O) groups is 3. The van der Waals surface area contributed by atoms with Crippen molar-refractivity contribution in [3.63, 3.8) is 0 Å². The van der Waals surface area contributed by atoms with Gasteiger partial charge in [0.15, 0.2) is 13.0 Å². The molecule has 0 aromatic heterocycles. The van der Waals surface area contributed by atoms with E-state index in [-0.39, 0.29) is 35.4 Å². The maximum absolute atomic E-state index is 13.8. The van der Waals surface area contributed by atoms with Crippen LogP contribution in [-0.2, 0) is 30.2 Å². The second kappa shape index (κ2) is 11.9. The summed E-state index contributed by atoms with van der Waals surface area (Å²) in [4.78, 5) is 42.8. The standard InChI is InChI=1S/C29H25BrCl2N2O6/c1-29(14-18-7-9-21(30)10-8-18)27(36)34(24-12-22(31)11-23(32)13-24)28(37)33(29)17-40-25(35)20-15-38-26(39-16-20)19-5-3-2-4-6-19/h2-13,20,26H,14-17H2,1H3/t20?,26?,29-/m1/s1. The van der Waals surface area contributed by atoms with Crippen LogP contribution < -0.4 is 4.90 Å². The lowest BCUT2D eigenvalue weighted by Crippen LogP contribution is -2.50. The molecule has 2 aliphatic heterocycles. The van der Waals surface area contributed by atoms with Crippen LogP contribution in [0.25, 0.3) is 0 Å². The quantitative estimate of drug-likeness (QED) is 0.218. The number of amides is 3. The summed E-state index contributed by atoms with van der Waals surface area (Å²) in [5.41, 5.74) is 0.526. The van der Waals surface area contributed by atoms with E-state index in [1.165, 1.54) is 23.1 Å². The van der Waals surface area contributed by atoms with Gasteiger partial charge in [-0.2, -0.15) is 0 Å². The van der Waals surface area contributed by atoms with Gasteiger partial charge in [-0.05, 0) is 42.8 Å². The van der Waals surface area contributed by atoms with Crippen LogP contribution in [0.2, 0.25) is 10.0 Å². The molecule has 2 saturated heterocycles. The molecule has 3 amide bonds. The normalized spacial score (nSPS) is 23.0. The maximum Gasteiger partial charge on any atom is 0.335 e. The minimum absolute atomic E-state index is 0.0918. The van der Waals surface area contributed by atoms with Crippen molar-refractivity contribution in [2.45, 2.75) is 25.2 Å². The maximum atomic E-state index is 13.8. The van der Waals surface area contributed by atoms with Gasteiger partial charge >= 0.3 is 12.0 Å². The average Bonchev–Trinajstić information content (AvgIpc) is 3.12. The zero-order chi connectivity index (χ0) is 28.4. The van der Waals surface area contributed by atoms with Crippen LogP contribution in [-0.4, -0.2) is 48.3 Å². The van der Waals surface area contributed by atoms with E-state index in [0.29, 0.717) is 0 Å². The number of hydrogen-bond acceptors (Lipinski definition) is 6. The number of hydrogen-bond donors (Lipinski definition) is 0. The van der Waals surface area contributed by atoms with E-state index >= 15 is 0 Å². The van der Waals surface area contributed by atoms with Crippen LogP contribution in [0.5, 0.6) is 0 Å². The molecule has 2 aliphatic rings. The number of rotatable bonds is 7. The molecule has 8 nitrogen and oxygen atoms in total. The predicted molar refractivity (Wildman–Crippen MR) is 153 cm³/mol. The van der Waals surface area contributed by atoms with Gasteiger partial charge in [-0.25, -0.2) is 9.69 Å². The zero-order valence-electron chi connectivity index (χ0n) is 21.4. The van der Waals surface area contributed by atoms with Gasteiger partial charge in [-0.1, -0.05) is 81.6 Å². The average molecular weight is 648 g/mol. The number of anilines is 1. The molecule has 5 rings (SSSR count). The molecule has 0 unspecified atom stereocenters. The Morgan fingerprint density at radius 2 is 1.62 bits per heavy atom. The summed E-state index contributed by atoms with van der Waals surface area (Å²) in [6.07, 6.45) is -0.392. The van der Waals surface area contributed by atoms with Crippen LogP contribution >= 0.6 is 39.1 Å². The van der Waals surface area contributed by atoms with E-state index in [9.17, 15) is 14.4 Å². The molecule has 0 radical (unpaired) electrons. The highest BCUT2D eigenvalue weighted by atomic mass is 79.9. The fraction of sp³-hybridized carbons (Fsp3) is 0.276. The summed E-state index contributed by atoms with van der Waals surface area (Å²) >= 11 is 15.7. The van der Waals surface area contributed by atoms with Crippen molar-refractivity contribution in [1.82, 2.24) is 4.90 Å². The van der Waals surface area contributed by atoms with Gasteiger partial charge in [-0.15, -0.1) is 0 Å². The van der Waals surface area contributed by atoms with Crippen molar-refractivity contribution in [2.75, 3.05) is 24.8 Å². The van der Waals surface area contributed by atoms with Gasteiger partial charge in [0.2, 0.25) is 0 Å². The Morgan fingerprint density at radius 3 is 2.25 bits per heavy atom. The molecule has 1 atom stereocenters. The molecule has 2 fully saturated rings. The first-order chi connectivity index (χ1) is 19.2. The number of urea groups is 1. The van der Waals surface area contributed by atoms with E-state index in [2.05, 4.69) is 15.9 Å². The monoisotopic (exact) mass is 646 g/mol. The third-order valence-electron chi connectivity index (χ3n) is 6.89. The Balaban J connectivity index is 1.34. The molecule has 0 aliphatic carbocycles. The summed E-state index contributed by atoms with van der Waals surface area (Å²) < 4.78 is 17.9. The van der Waals surface area contributed by atoms with Crippen molar-refractivity contribution in [3.05, 3.63) is 98.4 Å². The van der Waals surface area contributed by atoms with Crippen molar-refractivity contribution in [2.24, 2.45) is 5.92 Å².